The number of nitrogens with one attached hydrogen (secondary N) is 2. The molecule has 23 heavy (non-hydrogen) atoms. The number of hydrogen-bond acceptors (Lipinski definition) is 4. The largest absolute Gasteiger partial charge is 0.493 e. The molecular weight excluding hydrogens is 319 g/mol. The van der Waals surface area contributed by atoms with E-state index in [9.17, 15) is 9.18 Å². The fourth-order valence-electron chi connectivity index (χ4n) is 1.87. The molecule has 0 unspecified atom stereocenters. The zero-order valence-corrected chi connectivity index (χ0v) is 13.4. The minimum Gasteiger partial charge on any atom is -0.493 e. The first-order valence-corrected chi connectivity index (χ1v) is 7.05. The van der Waals surface area contributed by atoms with Crippen LogP contribution in [0.4, 0.5) is 10.1 Å². The molecular formula is C16H15FN2O3S. The summed E-state index contributed by atoms with van der Waals surface area (Å²) in [6.07, 6.45) is 0. The molecule has 0 aliphatic rings. The number of anilines is 1. The SMILES string of the molecule is COc1ccc(C(=O)NC(=S)Nc2ccccc2F)cc1OC. The van der Waals surface area contributed by atoms with E-state index in [2.05, 4.69) is 10.6 Å². The Labute approximate surface area is 138 Å². The molecule has 0 aliphatic carbocycles. The van der Waals surface area contributed by atoms with Crippen LogP contribution in [0, 0.1) is 5.82 Å². The Hall–Kier alpha value is -2.67. The molecule has 1 amide bonds. The summed E-state index contributed by atoms with van der Waals surface area (Å²) in [7, 11) is 2.98. The summed E-state index contributed by atoms with van der Waals surface area (Å²) in [5.74, 6) is 0.0271. The van der Waals surface area contributed by atoms with Crippen LogP contribution in [-0.4, -0.2) is 25.2 Å². The Morgan fingerprint density at radius 3 is 2.43 bits per heavy atom. The molecule has 0 aromatic heterocycles. The van der Waals surface area contributed by atoms with Gasteiger partial charge in [-0.15, -0.1) is 0 Å². The van der Waals surface area contributed by atoms with Gasteiger partial charge in [0.1, 0.15) is 5.82 Å². The van der Waals surface area contributed by atoms with Gasteiger partial charge in [-0.1, -0.05) is 12.1 Å². The van der Waals surface area contributed by atoms with Gasteiger partial charge in [0.15, 0.2) is 16.6 Å². The first-order chi connectivity index (χ1) is 11.0. The van der Waals surface area contributed by atoms with Gasteiger partial charge < -0.3 is 14.8 Å². The third-order valence-electron chi connectivity index (χ3n) is 2.99. The molecule has 0 saturated heterocycles. The smallest absolute Gasteiger partial charge is 0.257 e. The summed E-state index contributed by atoms with van der Waals surface area (Å²) in [6.45, 7) is 0. The fraction of sp³-hybridized carbons (Fsp3) is 0.125. The second kappa shape index (κ2) is 7.55. The molecule has 2 N–H and O–H groups in total. The topological polar surface area (TPSA) is 59.6 Å². The molecule has 2 rings (SSSR count). The standard InChI is InChI=1S/C16H15FN2O3S/c1-21-13-8-7-10(9-14(13)22-2)15(20)19-16(23)18-12-6-4-3-5-11(12)17/h3-9H,1-2H3,(H2,18,19,20,23). The number of para-hydroxylation sites is 1. The maximum absolute atomic E-state index is 13.5. The first kappa shape index (κ1) is 16.7. The van der Waals surface area contributed by atoms with Gasteiger partial charge in [0.25, 0.3) is 5.91 Å². The number of amides is 1. The van der Waals surface area contributed by atoms with Crippen molar-refractivity contribution in [2.45, 2.75) is 0 Å². The molecule has 0 aliphatic heterocycles. The van der Waals surface area contributed by atoms with Gasteiger partial charge in [-0.3, -0.25) is 10.1 Å². The Balaban J connectivity index is 2.07. The average molecular weight is 334 g/mol. The highest BCUT2D eigenvalue weighted by atomic mass is 32.1. The van der Waals surface area contributed by atoms with Gasteiger partial charge in [0.2, 0.25) is 0 Å². The van der Waals surface area contributed by atoms with Crippen molar-refractivity contribution < 1.29 is 18.7 Å². The van der Waals surface area contributed by atoms with Crippen molar-refractivity contribution in [3.05, 3.63) is 53.8 Å². The monoisotopic (exact) mass is 334 g/mol. The predicted octanol–water partition coefficient (Wildman–Crippen LogP) is 2.97. The second-order valence-electron chi connectivity index (χ2n) is 4.46. The van der Waals surface area contributed by atoms with Gasteiger partial charge in [-0.2, -0.15) is 0 Å². The second-order valence-corrected chi connectivity index (χ2v) is 4.87. The van der Waals surface area contributed by atoms with Crippen LogP contribution in [0.3, 0.4) is 0 Å². The Kier molecular flexibility index (Phi) is 5.48. The molecule has 2 aromatic carbocycles. The number of halogens is 1. The lowest BCUT2D eigenvalue weighted by Gasteiger charge is -2.12. The molecule has 0 heterocycles. The van der Waals surface area contributed by atoms with E-state index in [0.29, 0.717) is 17.1 Å². The van der Waals surface area contributed by atoms with Crippen LogP contribution in [0.15, 0.2) is 42.5 Å². The summed E-state index contributed by atoms with van der Waals surface area (Å²) in [5.41, 5.74) is 0.519. The highest BCUT2D eigenvalue weighted by Gasteiger charge is 2.12. The van der Waals surface area contributed by atoms with Crippen molar-refractivity contribution in [3.63, 3.8) is 0 Å². The highest BCUT2D eigenvalue weighted by Crippen LogP contribution is 2.27. The lowest BCUT2D eigenvalue weighted by Crippen LogP contribution is -2.34. The Morgan fingerprint density at radius 1 is 1.09 bits per heavy atom. The van der Waals surface area contributed by atoms with Crippen LogP contribution in [-0.2, 0) is 0 Å². The van der Waals surface area contributed by atoms with Crippen molar-refractivity contribution in [2.24, 2.45) is 0 Å². The number of carbonyl (C=O) groups is 1. The Bertz CT molecular complexity index is 737. The summed E-state index contributed by atoms with van der Waals surface area (Å²) in [5, 5.41) is 5.10. The van der Waals surface area contributed by atoms with Gasteiger partial charge in [-0.25, -0.2) is 4.39 Å². The van der Waals surface area contributed by atoms with Crippen molar-refractivity contribution in [2.75, 3.05) is 19.5 Å². The van der Waals surface area contributed by atoms with Gasteiger partial charge >= 0.3 is 0 Å². The van der Waals surface area contributed by atoms with Crippen LogP contribution < -0.4 is 20.1 Å². The van der Waals surface area contributed by atoms with Crippen LogP contribution in [0.2, 0.25) is 0 Å². The third kappa shape index (κ3) is 4.17. The average Bonchev–Trinajstić information content (AvgIpc) is 2.56. The minimum absolute atomic E-state index is 0.00474. The molecule has 0 bridgehead atoms. The molecule has 0 atom stereocenters. The van der Waals surface area contributed by atoms with Crippen LogP contribution >= 0.6 is 12.2 Å². The normalized spacial score (nSPS) is 9.87. The molecule has 0 fully saturated rings. The molecule has 2 aromatic rings. The summed E-state index contributed by atoms with van der Waals surface area (Å²) < 4.78 is 23.8. The molecule has 0 radical (unpaired) electrons. The molecule has 0 spiro atoms. The number of carbonyl (C=O) groups excluding carboxylic acids is 1. The van der Waals surface area contributed by atoms with E-state index in [1.165, 1.54) is 32.4 Å². The summed E-state index contributed by atoms with van der Waals surface area (Å²) >= 11 is 5.02. The van der Waals surface area contributed by atoms with Crippen molar-refractivity contribution in [1.82, 2.24) is 5.32 Å². The zero-order valence-electron chi connectivity index (χ0n) is 12.6. The van der Waals surface area contributed by atoms with Gasteiger partial charge in [-0.05, 0) is 42.5 Å². The maximum Gasteiger partial charge on any atom is 0.257 e. The number of thiocarbonyl (C=S) groups is 1. The summed E-state index contributed by atoms with van der Waals surface area (Å²) in [4.78, 5) is 12.2. The predicted molar refractivity (Wildman–Crippen MR) is 89.6 cm³/mol. The summed E-state index contributed by atoms with van der Waals surface area (Å²) in [6, 6.07) is 10.7. The zero-order chi connectivity index (χ0) is 16.8. The van der Waals surface area contributed by atoms with Crippen molar-refractivity contribution in [3.8, 4) is 11.5 Å². The van der Waals surface area contributed by atoms with E-state index in [-0.39, 0.29) is 10.8 Å². The lowest BCUT2D eigenvalue weighted by molar-refractivity contribution is 0.0977. The number of methoxy groups -OCH3 is 2. The minimum atomic E-state index is -0.463. The Morgan fingerprint density at radius 2 is 1.78 bits per heavy atom. The number of ether oxygens (including phenoxy) is 2. The van der Waals surface area contributed by atoms with E-state index in [1.54, 1.807) is 24.3 Å². The lowest BCUT2D eigenvalue weighted by atomic mass is 10.2. The van der Waals surface area contributed by atoms with Crippen LogP contribution in [0.25, 0.3) is 0 Å². The van der Waals surface area contributed by atoms with Crippen LogP contribution in [0.5, 0.6) is 11.5 Å². The van der Waals surface area contributed by atoms with Crippen molar-refractivity contribution >= 4 is 28.9 Å². The van der Waals surface area contributed by atoms with E-state index in [0.717, 1.165) is 0 Å². The van der Waals surface area contributed by atoms with E-state index in [4.69, 9.17) is 21.7 Å². The van der Waals surface area contributed by atoms with E-state index in [1.807, 2.05) is 0 Å². The third-order valence-corrected chi connectivity index (χ3v) is 3.20. The first-order valence-electron chi connectivity index (χ1n) is 6.64. The molecule has 120 valence electrons. The van der Waals surface area contributed by atoms with E-state index < -0.39 is 11.7 Å². The van der Waals surface area contributed by atoms with Gasteiger partial charge in [0.05, 0.1) is 19.9 Å². The molecule has 5 nitrogen and oxygen atoms in total. The molecule has 0 saturated carbocycles. The number of rotatable bonds is 4. The fourth-order valence-corrected chi connectivity index (χ4v) is 2.07. The van der Waals surface area contributed by atoms with Crippen LogP contribution in [0.1, 0.15) is 10.4 Å². The number of benzene rings is 2. The quantitative estimate of drug-likeness (QED) is 0.842. The molecule has 7 heteroatoms. The number of hydrogen-bond donors (Lipinski definition) is 2. The van der Waals surface area contributed by atoms with Gasteiger partial charge in [0, 0.05) is 5.56 Å². The highest BCUT2D eigenvalue weighted by molar-refractivity contribution is 7.80. The van der Waals surface area contributed by atoms with E-state index >= 15 is 0 Å². The maximum atomic E-state index is 13.5. The van der Waals surface area contributed by atoms with Crippen molar-refractivity contribution in [1.29, 1.82) is 0 Å².